The lowest BCUT2D eigenvalue weighted by Crippen LogP contribution is -2.60. The monoisotopic (exact) mass is 782 g/mol. The molecule has 0 saturated heterocycles. The molecule has 306 valence electrons. The summed E-state index contributed by atoms with van der Waals surface area (Å²) in [6, 6.07) is -4.87. The number of carbonyl (C=O) groups is 9. The van der Waals surface area contributed by atoms with Gasteiger partial charge in [-0.3, -0.25) is 38.4 Å². The summed E-state index contributed by atoms with van der Waals surface area (Å²) < 4.78 is 0. The number of phenolic OH excluding ortho intramolecular Hbond substituents is 1. The molecule has 0 heterocycles. The van der Waals surface area contributed by atoms with Crippen LogP contribution in [0.4, 0.5) is 0 Å². The number of aliphatic hydroxyl groups is 2. The molecule has 0 radical (unpaired) electrons. The molecule has 55 heavy (non-hydrogen) atoms. The molecular weight excluding hydrogens is 732 g/mol. The Bertz CT molecular complexity index is 1540. The van der Waals surface area contributed by atoms with E-state index in [0.29, 0.717) is 5.56 Å². The minimum atomic E-state index is -1.78. The number of hydrogen-bond donors (Lipinski definition) is 13. The second-order valence-electron chi connectivity index (χ2n) is 12.9. The third kappa shape index (κ3) is 17.2. The van der Waals surface area contributed by atoms with E-state index in [2.05, 4.69) is 26.6 Å². The summed E-state index contributed by atoms with van der Waals surface area (Å²) >= 11 is 0. The number of carboxylic acids is 2. The van der Waals surface area contributed by atoms with E-state index in [9.17, 15) is 58.5 Å². The smallest absolute Gasteiger partial charge is 0.328 e. The van der Waals surface area contributed by atoms with Gasteiger partial charge in [-0.2, -0.15) is 0 Å². The van der Waals surface area contributed by atoms with Gasteiger partial charge in [0.1, 0.15) is 42.0 Å². The number of aliphatic hydroxyl groups excluding tert-OH is 2. The largest absolute Gasteiger partial charge is 0.508 e. The summed E-state index contributed by atoms with van der Waals surface area (Å²) in [5.74, 6) is -10.5. The average Bonchev–Trinajstić information content (AvgIpc) is 3.10. The Morgan fingerprint density at radius 1 is 0.636 bits per heavy atom. The minimum Gasteiger partial charge on any atom is -0.508 e. The van der Waals surface area contributed by atoms with Crippen molar-refractivity contribution in [2.75, 3.05) is 13.2 Å². The summed E-state index contributed by atoms with van der Waals surface area (Å²) in [5, 5.41) is 60.1. The Kier molecular flexibility index (Phi) is 19.7. The van der Waals surface area contributed by atoms with Crippen molar-refractivity contribution in [3.63, 3.8) is 0 Å². The van der Waals surface area contributed by atoms with Crippen LogP contribution in [-0.2, 0) is 49.6 Å². The van der Waals surface area contributed by atoms with Crippen LogP contribution >= 0.6 is 0 Å². The Hall–Kier alpha value is -5.87. The lowest BCUT2D eigenvalue weighted by molar-refractivity contribution is -0.144. The van der Waals surface area contributed by atoms with Gasteiger partial charge in [0.2, 0.25) is 41.4 Å². The van der Waals surface area contributed by atoms with E-state index in [0.717, 1.165) is 0 Å². The van der Waals surface area contributed by atoms with Crippen LogP contribution in [0.15, 0.2) is 24.3 Å². The average molecular weight is 783 g/mol. The van der Waals surface area contributed by atoms with Crippen molar-refractivity contribution in [2.24, 2.45) is 17.4 Å². The molecule has 0 spiro atoms. The van der Waals surface area contributed by atoms with Crippen LogP contribution < -0.4 is 43.4 Å². The molecule has 0 aliphatic heterocycles. The predicted molar refractivity (Wildman–Crippen MR) is 189 cm³/mol. The predicted octanol–water partition coefficient (Wildman–Crippen LogP) is -4.95. The van der Waals surface area contributed by atoms with Crippen LogP contribution in [0.3, 0.4) is 0 Å². The molecule has 0 saturated carbocycles. The number of rotatable bonds is 24. The third-order valence-corrected chi connectivity index (χ3v) is 7.75. The fourth-order valence-electron chi connectivity index (χ4n) is 4.78. The van der Waals surface area contributed by atoms with E-state index < -0.39 is 128 Å². The molecule has 7 amide bonds. The zero-order chi connectivity index (χ0) is 42.0. The van der Waals surface area contributed by atoms with Gasteiger partial charge in [-0.05, 0) is 49.8 Å². The van der Waals surface area contributed by atoms with Gasteiger partial charge in [0.25, 0.3) is 0 Å². The summed E-state index contributed by atoms with van der Waals surface area (Å²) in [4.78, 5) is 112. The Morgan fingerprint density at radius 2 is 1.11 bits per heavy atom. The summed E-state index contributed by atoms with van der Waals surface area (Å²) in [7, 11) is 0. The number of carbonyl (C=O) groups excluding carboxylic acids is 7. The van der Waals surface area contributed by atoms with Crippen LogP contribution in [0.2, 0.25) is 0 Å². The van der Waals surface area contributed by atoms with E-state index in [4.69, 9.17) is 21.7 Å². The van der Waals surface area contributed by atoms with Gasteiger partial charge in [0, 0.05) is 6.42 Å². The standard InChI is InChI=1S/C33H50N8O14/c1-15(2)10-21(30(51)37-20(8-9-26(46)47)29(50)41-24(14-43)33(54)55)38-31(52)22(12-25(35)45)39-32(53)23(13-42)40-27(48)16(3)36-28(49)19(34)11-17-4-6-18(44)7-5-17/h4-7,15-16,19-24,42-44H,8-14,34H2,1-3H3,(H2,35,45)(H,36,49)(H,37,51)(H,38,52)(H,39,53)(H,40,48)(H,41,50)(H,46,47)(H,54,55)/t16-,19-,20-,21-,22-,23-,24-/m0/s1. The fraction of sp³-hybridized carbons (Fsp3) is 0.545. The van der Waals surface area contributed by atoms with Gasteiger partial charge in [-0.1, -0.05) is 26.0 Å². The van der Waals surface area contributed by atoms with Crippen molar-refractivity contribution >= 4 is 53.3 Å². The third-order valence-electron chi connectivity index (χ3n) is 7.75. The molecule has 1 aromatic carbocycles. The lowest BCUT2D eigenvalue weighted by Gasteiger charge is -2.27. The van der Waals surface area contributed by atoms with Gasteiger partial charge < -0.3 is 68.9 Å². The molecule has 22 nitrogen and oxygen atoms in total. The second kappa shape index (κ2) is 23.0. The van der Waals surface area contributed by atoms with Crippen molar-refractivity contribution in [1.29, 1.82) is 0 Å². The second-order valence-corrected chi connectivity index (χ2v) is 12.9. The highest BCUT2D eigenvalue weighted by Gasteiger charge is 2.34. The van der Waals surface area contributed by atoms with E-state index in [1.807, 2.05) is 5.32 Å². The Morgan fingerprint density at radius 3 is 1.62 bits per heavy atom. The van der Waals surface area contributed by atoms with Gasteiger partial charge in [-0.25, -0.2) is 4.79 Å². The van der Waals surface area contributed by atoms with Crippen LogP contribution in [0.5, 0.6) is 5.75 Å². The highest BCUT2D eigenvalue weighted by Crippen LogP contribution is 2.11. The highest BCUT2D eigenvalue weighted by atomic mass is 16.4. The number of nitrogens with one attached hydrogen (secondary N) is 6. The molecule has 0 unspecified atom stereocenters. The molecule has 0 bridgehead atoms. The van der Waals surface area contributed by atoms with Gasteiger partial charge in [-0.15, -0.1) is 0 Å². The molecule has 0 aliphatic rings. The first kappa shape index (κ1) is 47.2. The molecule has 22 heteroatoms. The first-order chi connectivity index (χ1) is 25.7. The maximum Gasteiger partial charge on any atom is 0.328 e. The number of hydrogen-bond acceptors (Lipinski definition) is 13. The van der Waals surface area contributed by atoms with E-state index in [1.54, 1.807) is 26.0 Å². The van der Waals surface area contributed by atoms with Crippen molar-refractivity contribution in [2.45, 2.75) is 95.2 Å². The number of phenols is 1. The number of primary amides is 1. The molecule has 0 fully saturated rings. The topological polar surface area (TPSA) is 379 Å². The number of nitrogens with two attached hydrogens (primary N) is 2. The number of aliphatic carboxylic acids is 2. The number of amides is 7. The zero-order valence-corrected chi connectivity index (χ0v) is 30.4. The first-order valence-corrected chi connectivity index (χ1v) is 17.0. The molecule has 0 aromatic heterocycles. The van der Waals surface area contributed by atoms with E-state index in [1.165, 1.54) is 19.1 Å². The molecular formula is C33H50N8O14. The van der Waals surface area contributed by atoms with Gasteiger partial charge >= 0.3 is 11.9 Å². The van der Waals surface area contributed by atoms with E-state index in [-0.39, 0.29) is 24.5 Å². The van der Waals surface area contributed by atoms with Gasteiger partial charge in [0.05, 0.1) is 25.7 Å². The molecule has 7 atom stereocenters. The molecule has 1 rings (SSSR count). The number of carboxylic acid groups (broad SMARTS) is 2. The number of aromatic hydroxyl groups is 1. The maximum absolute atomic E-state index is 13.4. The zero-order valence-electron chi connectivity index (χ0n) is 30.4. The summed E-state index contributed by atoms with van der Waals surface area (Å²) in [5.41, 5.74) is 11.8. The summed E-state index contributed by atoms with van der Waals surface area (Å²) in [6.45, 7) is 2.55. The Balaban J connectivity index is 3.08. The number of benzene rings is 1. The molecule has 15 N–H and O–H groups in total. The van der Waals surface area contributed by atoms with Crippen molar-refractivity contribution in [1.82, 2.24) is 31.9 Å². The lowest BCUT2D eigenvalue weighted by atomic mass is 10.0. The fourth-order valence-corrected chi connectivity index (χ4v) is 4.78. The van der Waals surface area contributed by atoms with Crippen LogP contribution in [0.1, 0.15) is 52.0 Å². The Labute approximate surface area is 315 Å². The minimum absolute atomic E-state index is 0.0110. The SMILES string of the molecule is CC(C)C[C@H](NC(=O)[C@H](CC(N)=O)NC(=O)[C@H](CO)NC(=O)[C@H](C)NC(=O)[C@@H](N)Cc1ccc(O)cc1)C(=O)N[C@@H](CCC(=O)O)C(=O)N[C@@H](CO)C(=O)O. The van der Waals surface area contributed by atoms with Crippen molar-refractivity contribution in [3.05, 3.63) is 29.8 Å². The van der Waals surface area contributed by atoms with Crippen molar-refractivity contribution in [3.8, 4) is 5.75 Å². The van der Waals surface area contributed by atoms with Crippen LogP contribution in [-0.4, -0.2) is 134 Å². The van der Waals surface area contributed by atoms with E-state index >= 15 is 0 Å². The maximum atomic E-state index is 13.4. The molecule has 1 aromatic rings. The van der Waals surface area contributed by atoms with Crippen molar-refractivity contribution < 1.29 is 68.7 Å². The quantitative estimate of drug-likeness (QED) is 0.0467. The summed E-state index contributed by atoms with van der Waals surface area (Å²) in [6.07, 6.45) is -2.04. The highest BCUT2D eigenvalue weighted by molar-refractivity contribution is 5.98. The normalized spacial score (nSPS) is 14.7. The first-order valence-electron chi connectivity index (χ1n) is 17.0. The van der Waals surface area contributed by atoms with Crippen LogP contribution in [0.25, 0.3) is 0 Å². The van der Waals surface area contributed by atoms with Gasteiger partial charge in [0.15, 0.2) is 0 Å². The van der Waals surface area contributed by atoms with Crippen LogP contribution in [0, 0.1) is 5.92 Å². The molecule has 0 aliphatic carbocycles.